The van der Waals surface area contributed by atoms with Crippen molar-refractivity contribution in [2.45, 2.75) is 58.1 Å². The summed E-state index contributed by atoms with van der Waals surface area (Å²) in [6, 6.07) is 7.07. The van der Waals surface area contributed by atoms with E-state index in [1.54, 1.807) is 58.9 Å². The Labute approximate surface area is 198 Å². The Kier molecular flexibility index (Phi) is 6.92. The van der Waals surface area contributed by atoms with E-state index in [4.69, 9.17) is 9.47 Å². The van der Waals surface area contributed by atoms with Crippen LogP contribution in [0.4, 0.5) is 19.4 Å². The third-order valence-corrected chi connectivity index (χ3v) is 5.68. The first-order chi connectivity index (χ1) is 15.6. The molecule has 2 aromatic rings. The van der Waals surface area contributed by atoms with E-state index in [1.807, 2.05) is 4.72 Å². The van der Waals surface area contributed by atoms with Crippen LogP contribution in [0.3, 0.4) is 0 Å². The molecular formula is C23H29F2N3O5S. The molecule has 0 aliphatic carbocycles. The Morgan fingerprint density at radius 3 is 2.35 bits per heavy atom. The SMILES string of the molecule is CC(C)(C)OC(=O)N1[C@H](CF)[C@@H](c2ccc(-c3cnc(NS(C)(=O)=O)c(F)c3)cc2)OC1(C)C. The molecule has 2 atom stereocenters. The van der Waals surface area contributed by atoms with Crippen molar-refractivity contribution in [1.29, 1.82) is 0 Å². The third kappa shape index (κ3) is 5.82. The molecule has 1 aliphatic rings. The van der Waals surface area contributed by atoms with Gasteiger partial charge in [0, 0.05) is 11.8 Å². The largest absolute Gasteiger partial charge is 0.444 e. The Hall–Kier alpha value is -2.79. The van der Waals surface area contributed by atoms with E-state index in [0.717, 1.165) is 6.26 Å². The van der Waals surface area contributed by atoms with E-state index in [9.17, 15) is 22.0 Å². The van der Waals surface area contributed by atoms with E-state index in [2.05, 4.69) is 4.98 Å². The van der Waals surface area contributed by atoms with Crippen LogP contribution in [-0.2, 0) is 19.5 Å². The molecule has 1 amide bonds. The standard InChI is InChI=1S/C23H29F2N3O5S/c1-22(2,3)33-21(29)28-18(12-24)19(32-23(28,4)5)15-9-7-14(8-10-15)16-11-17(25)20(26-13-16)27-34(6,30)31/h7-11,13,18-19H,12H2,1-6H3,(H,26,27)/t18-,19-/m1/s1. The Bertz CT molecular complexity index is 1160. The second-order valence-electron chi connectivity index (χ2n) is 9.61. The molecule has 1 fully saturated rings. The quantitative estimate of drug-likeness (QED) is 0.646. The number of benzene rings is 1. The van der Waals surface area contributed by atoms with Crippen molar-refractivity contribution < 1.29 is 31.5 Å². The van der Waals surface area contributed by atoms with Gasteiger partial charge in [0.2, 0.25) is 10.0 Å². The van der Waals surface area contributed by atoms with Gasteiger partial charge in [0.1, 0.15) is 24.1 Å². The molecule has 0 unspecified atom stereocenters. The van der Waals surface area contributed by atoms with Gasteiger partial charge in [0.15, 0.2) is 11.6 Å². The van der Waals surface area contributed by atoms with Crippen molar-refractivity contribution >= 4 is 21.9 Å². The number of hydrogen-bond donors (Lipinski definition) is 1. The lowest BCUT2D eigenvalue weighted by Crippen LogP contribution is -2.50. The molecule has 8 nitrogen and oxygen atoms in total. The van der Waals surface area contributed by atoms with Gasteiger partial charge in [-0.3, -0.25) is 9.62 Å². The van der Waals surface area contributed by atoms with Gasteiger partial charge in [-0.05, 0) is 51.8 Å². The van der Waals surface area contributed by atoms with Crippen molar-refractivity contribution in [3.63, 3.8) is 0 Å². The highest BCUT2D eigenvalue weighted by atomic mass is 32.2. The summed E-state index contributed by atoms with van der Waals surface area (Å²) in [5.74, 6) is -1.21. The van der Waals surface area contributed by atoms with Crippen LogP contribution >= 0.6 is 0 Å². The lowest BCUT2D eigenvalue weighted by atomic mass is 9.99. The molecule has 11 heteroatoms. The van der Waals surface area contributed by atoms with Gasteiger partial charge in [-0.1, -0.05) is 24.3 Å². The number of rotatable bonds is 5. The minimum absolute atomic E-state index is 0.391. The Balaban J connectivity index is 1.85. The highest BCUT2D eigenvalue weighted by molar-refractivity contribution is 7.92. The number of amides is 1. The summed E-state index contributed by atoms with van der Waals surface area (Å²) >= 11 is 0. The average Bonchev–Trinajstić information content (AvgIpc) is 2.98. The molecule has 1 aromatic heterocycles. The van der Waals surface area contributed by atoms with E-state index in [-0.39, 0.29) is 0 Å². The van der Waals surface area contributed by atoms with Gasteiger partial charge in [0.05, 0.1) is 12.3 Å². The number of aromatic nitrogens is 1. The van der Waals surface area contributed by atoms with Crippen molar-refractivity contribution in [3.8, 4) is 11.1 Å². The number of sulfonamides is 1. The van der Waals surface area contributed by atoms with Gasteiger partial charge < -0.3 is 9.47 Å². The maximum atomic E-state index is 14.3. The maximum absolute atomic E-state index is 14.3. The van der Waals surface area contributed by atoms with E-state index < -0.39 is 57.9 Å². The highest BCUT2D eigenvalue weighted by Gasteiger charge is 2.51. The minimum atomic E-state index is -3.66. The van der Waals surface area contributed by atoms with Crippen LogP contribution in [0.1, 0.15) is 46.3 Å². The van der Waals surface area contributed by atoms with Crippen molar-refractivity contribution in [3.05, 3.63) is 47.9 Å². The molecule has 0 radical (unpaired) electrons. The molecule has 34 heavy (non-hydrogen) atoms. The molecule has 1 saturated heterocycles. The molecule has 3 rings (SSSR count). The van der Waals surface area contributed by atoms with Crippen LogP contribution in [0.25, 0.3) is 11.1 Å². The smallest absolute Gasteiger partial charge is 0.413 e. The first-order valence-corrected chi connectivity index (χ1v) is 12.5. The minimum Gasteiger partial charge on any atom is -0.444 e. The zero-order valence-electron chi connectivity index (χ0n) is 19.9. The van der Waals surface area contributed by atoms with Crippen LogP contribution < -0.4 is 4.72 Å². The predicted octanol–water partition coefficient (Wildman–Crippen LogP) is 4.64. The Morgan fingerprint density at radius 1 is 1.24 bits per heavy atom. The first-order valence-electron chi connectivity index (χ1n) is 10.6. The zero-order chi connectivity index (χ0) is 25.5. The molecule has 1 aromatic carbocycles. The van der Waals surface area contributed by atoms with Gasteiger partial charge in [-0.2, -0.15) is 0 Å². The number of carbonyl (C=O) groups is 1. The molecule has 0 spiro atoms. The predicted molar refractivity (Wildman–Crippen MR) is 124 cm³/mol. The fraction of sp³-hybridized carbons (Fsp3) is 0.478. The summed E-state index contributed by atoms with van der Waals surface area (Å²) < 4.78 is 64.6. The van der Waals surface area contributed by atoms with Gasteiger partial charge >= 0.3 is 6.09 Å². The lowest BCUT2D eigenvalue weighted by Gasteiger charge is -2.34. The molecule has 186 valence electrons. The third-order valence-electron chi connectivity index (χ3n) is 5.12. The first kappa shape index (κ1) is 25.8. The second kappa shape index (κ2) is 9.10. The average molecular weight is 498 g/mol. The summed E-state index contributed by atoms with van der Waals surface area (Å²) in [4.78, 5) is 17.9. The van der Waals surface area contributed by atoms with E-state index in [1.165, 1.54) is 17.2 Å². The molecule has 0 saturated carbocycles. The highest BCUT2D eigenvalue weighted by Crippen LogP contribution is 2.42. The fourth-order valence-electron chi connectivity index (χ4n) is 3.80. The number of anilines is 1. The number of pyridine rings is 1. The van der Waals surface area contributed by atoms with Gasteiger partial charge in [-0.25, -0.2) is 27.0 Å². The number of carbonyl (C=O) groups excluding carboxylic acids is 1. The Morgan fingerprint density at radius 2 is 1.85 bits per heavy atom. The monoisotopic (exact) mass is 497 g/mol. The molecule has 1 aliphatic heterocycles. The summed E-state index contributed by atoms with van der Waals surface area (Å²) in [7, 11) is -3.66. The fourth-order valence-corrected chi connectivity index (χ4v) is 4.30. The summed E-state index contributed by atoms with van der Waals surface area (Å²) in [5.41, 5.74) is -0.178. The number of ether oxygens (including phenoxy) is 2. The van der Waals surface area contributed by atoms with Crippen LogP contribution in [0.5, 0.6) is 0 Å². The number of halogens is 2. The van der Waals surface area contributed by atoms with Crippen molar-refractivity contribution in [1.82, 2.24) is 9.88 Å². The van der Waals surface area contributed by atoms with Crippen LogP contribution in [0, 0.1) is 5.82 Å². The normalized spacial score (nSPS) is 20.3. The molecule has 2 heterocycles. The topological polar surface area (TPSA) is 97.8 Å². The summed E-state index contributed by atoms with van der Waals surface area (Å²) in [5, 5.41) is 0. The number of hydrogen-bond acceptors (Lipinski definition) is 6. The number of nitrogens with zero attached hydrogens (tertiary/aromatic N) is 2. The van der Waals surface area contributed by atoms with Crippen LogP contribution in [0.15, 0.2) is 36.5 Å². The maximum Gasteiger partial charge on any atom is 0.413 e. The summed E-state index contributed by atoms with van der Waals surface area (Å²) in [6.07, 6.45) is 0.846. The molecular weight excluding hydrogens is 468 g/mol. The van der Waals surface area contributed by atoms with E-state index in [0.29, 0.717) is 16.7 Å². The molecule has 1 N–H and O–H groups in total. The van der Waals surface area contributed by atoms with Crippen molar-refractivity contribution in [2.75, 3.05) is 17.7 Å². The zero-order valence-corrected chi connectivity index (χ0v) is 20.7. The lowest BCUT2D eigenvalue weighted by molar-refractivity contribution is -0.0797. The van der Waals surface area contributed by atoms with E-state index >= 15 is 0 Å². The number of nitrogens with one attached hydrogen (secondary N) is 1. The molecule has 0 bridgehead atoms. The summed E-state index contributed by atoms with van der Waals surface area (Å²) in [6.45, 7) is 7.72. The number of alkyl halides is 1. The van der Waals surface area contributed by atoms with Crippen LogP contribution in [-0.4, -0.2) is 54.7 Å². The van der Waals surface area contributed by atoms with Crippen molar-refractivity contribution in [2.24, 2.45) is 0 Å². The van der Waals surface area contributed by atoms with Gasteiger partial charge in [-0.15, -0.1) is 0 Å². The second-order valence-corrected chi connectivity index (χ2v) is 11.4. The van der Waals surface area contributed by atoms with Gasteiger partial charge in [0.25, 0.3) is 0 Å². The van der Waals surface area contributed by atoms with Crippen LogP contribution in [0.2, 0.25) is 0 Å².